The average Bonchev–Trinajstić information content (AvgIpc) is 2.66. The highest BCUT2D eigenvalue weighted by atomic mass is 35.5. The summed E-state index contributed by atoms with van der Waals surface area (Å²) in [5.74, 6) is 0.0179. The zero-order chi connectivity index (χ0) is 13.7. The van der Waals surface area contributed by atoms with Crippen molar-refractivity contribution >= 4 is 17.3 Å². The minimum Gasteiger partial charge on any atom is -0.380 e. The minimum atomic E-state index is 0.0179. The van der Waals surface area contributed by atoms with E-state index in [1.54, 1.807) is 18.2 Å². The van der Waals surface area contributed by atoms with Gasteiger partial charge in [0.15, 0.2) is 0 Å². The lowest BCUT2D eigenvalue weighted by atomic mass is 9.96. The number of rotatable bonds is 2. The molecule has 2 unspecified atom stereocenters. The van der Waals surface area contributed by atoms with Crippen LogP contribution < -0.4 is 5.32 Å². The zero-order valence-electron chi connectivity index (χ0n) is 10.7. The maximum atomic E-state index is 9.26. The van der Waals surface area contributed by atoms with Crippen LogP contribution in [0.15, 0.2) is 18.2 Å². The summed E-state index contributed by atoms with van der Waals surface area (Å²) in [6, 6.07) is 9.79. The van der Waals surface area contributed by atoms with E-state index in [0.717, 1.165) is 31.4 Å². The molecular formula is C15H16ClN3. The van der Waals surface area contributed by atoms with Crippen molar-refractivity contribution in [1.29, 1.82) is 10.5 Å². The second-order valence-electron chi connectivity index (χ2n) is 4.93. The van der Waals surface area contributed by atoms with Gasteiger partial charge in [-0.2, -0.15) is 10.5 Å². The van der Waals surface area contributed by atoms with E-state index in [0.29, 0.717) is 10.6 Å². The Kier molecular flexibility index (Phi) is 4.66. The Bertz CT molecular complexity index is 527. The first-order valence-corrected chi connectivity index (χ1v) is 6.98. The van der Waals surface area contributed by atoms with E-state index in [2.05, 4.69) is 17.5 Å². The molecule has 1 saturated carbocycles. The Balaban J connectivity index is 2.19. The van der Waals surface area contributed by atoms with Crippen molar-refractivity contribution in [1.82, 2.24) is 0 Å². The molecule has 0 radical (unpaired) electrons. The fraction of sp³-hybridized carbons (Fsp3) is 0.467. The summed E-state index contributed by atoms with van der Waals surface area (Å²) in [5, 5.41) is 22.1. The Morgan fingerprint density at radius 1 is 1.16 bits per heavy atom. The molecule has 4 heteroatoms. The van der Waals surface area contributed by atoms with Crippen LogP contribution in [0.1, 0.15) is 37.7 Å². The third-order valence-electron chi connectivity index (χ3n) is 3.62. The summed E-state index contributed by atoms with van der Waals surface area (Å²) in [4.78, 5) is 0. The third kappa shape index (κ3) is 3.40. The molecule has 0 bridgehead atoms. The summed E-state index contributed by atoms with van der Waals surface area (Å²) < 4.78 is 0. The Morgan fingerprint density at radius 3 is 2.68 bits per heavy atom. The summed E-state index contributed by atoms with van der Waals surface area (Å²) in [6.45, 7) is 0. The van der Waals surface area contributed by atoms with E-state index >= 15 is 0 Å². The molecule has 1 aromatic rings. The van der Waals surface area contributed by atoms with Gasteiger partial charge in [0.05, 0.1) is 34.3 Å². The van der Waals surface area contributed by atoms with Crippen LogP contribution in [0.2, 0.25) is 5.02 Å². The number of nitrogens with zero attached hydrogens (tertiary/aromatic N) is 2. The van der Waals surface area contributed by atoms with E-state index in [-0.39, 0.29) is 12.0 Å². The standard InChI is InChI=1S/C15H16ClN3/c16-13-7-6-11(9-17)8-15(13)19-14-5-3-1-2-4-12(14)10-18/h6-8,12,14,19H,1-5H2. The summed E-state index contributed by atoms with van der Waals surface area (Å²) >= 11 is 6.15. The first kappa shape index (κ1) is 13.7. The van der Waals surface area contributed by atoms with Gasteiger partial charge in [-0.1, -0.05) is 30.9 Å². The molecule has 2 atom stereocenters. The normalized spacial score (nSPS) is 22.9. The molecule has 1 aliphatic rings. The van der Waals surface area contributed by atoms with E-state index in [1.807, 2.05) is 0 Å². The molecule has 2 rings (SSSR count). The molecule has 1 aromatic carbocycles. The van der Waals surface area contributed by atoms with Gasteiger partial charge in [-0.15, -0.1) is 0 Å². The number of benzene rings is 1. The van der Waals surface area contributed by atoms with Crippen LogP contribution in [-0.2, 0) is 0 Å². The Morgan fingerprint density at radius 2 is 1.95 bits per heavy atom. The topological polar surface area (TPSA) is 59.6 Å². The maximum absolute atomic E-state index is 9.26. The molecule has 0 spiro atoms. The van der Waals surface area contributed by atoms with E-state index in [4.69, 9.17) is 16.9 Å². The van der Waals surface area contributed by atoms with Crippen LogP contribution in [0.25, 0.3) is 0 Å². The number of hydrogen-bond acceptors (Lipinski definition) is 3. The lowest BCUT2D eigenvalue weighted by molar-refractivity contribution is 0.514. The van der Waals surface area contributed by atoms with Gasteiger partial charge in [-0.05, 0) is 31.0 Å². The van der Waals surface area contributed by atoms with Crippen LogP contribution in [0.3, 0.4) is 0 Å². The largest absolute Gasteiger partial charge is 0.380 e. The molecule has 0 aromatic heterocycles. The lowest BCUT2D eigenvalue weighted by Crippen LogP contribution is -2.27. The molecule has 0 amide bonds. The fourth-order valence-corrected chi connectivity index (χ4v) is 2.71. The van der Waals surface area contributed by atoms with Crippen LogP contribution in [-0.4, -0.2) is 6.04 Å². The predicted octanol–water partition coefficient (Wildman–Crippen LogP) is 4.10. The van der Waals surface area contributed by atoms with Crippen molar-refractivity contribution in [3.63, 3.8) is 0 Å². The van der Waals surface area contributed by atoms with Gasteiger partial charge >= 0.3 is 0 Å². The van der Waals surface area contributed by atoms with Gasteiger partial charge < -0.3 is 5.32 Å². The monoisotopic (exact) mass is 273 g/mol. The smallest absolute Gasteiger partial charge is 0.0992 e. The van der Waals surface area contributed by atoms with Gasteiger partial charge in [0.2, 0.25) is 0 Å². The number of hydrogen-bond donors (Lipinski definition) is 1. The van der Waals surface area contributed by atoms with E-state index in [9.17, 15) is 5.26 Å². The van der Waals surface area contributed by atoms with Gasteiger partial charge in [0, 0.05) is 6.04 Å². The summed E-state index contributed by atoms with van der Waals surface area (Å²) in [6.07, 6.45) is 5.34. The van der Waals surface area contributed by atoms with Crippen molar-refractivity contribution in [2.75, 3.05) is 5.32 Å². The van der Waals surface area contributed by atoms with E-state index < -0.39 is 0 Å². The van der Waals surface area contributed by atoms with Crippen molar-refractivity contribution < 1.29 is 0 Å². The zero-order valence-corrected chi connectivity index (χ0v) is 11.5. The van der Waals surface area contributed by atoms with Crippen molar-refractivity contribution in [2.45, 2.75) is 38.1 Å². The van der Waals surface area contributed by atoms with Crippen LogP contribution >= 0.6 is 11.6 Å². The lowest BCUT2D eigenvalue weighted by Gasteiger charge is -2.22. The summed E-state index contributed by atoms with van der Waals surface area (Å²) in [5.41, 5.74) is 1.34. The third-order valence-corrected chi connectivity index (χ3v) is 3.95. The first-order chi connectivity index (χ1) is 9.24. The molecule has 1 aliphatic carbocycles. The molecule has 98 valence electrons. The van der Waals surface area contributed by atoms with Gasteiger partial charge in [-0.3, -0.25) is 0 Å². The number of anilines is 1. The van der Waals surface area contributed by atoms with Gasteiger partial charge in [0.1, 0.15) is 0 Å². The molecule has 1 N–H and O–H groups in total. The molecule has 19 heavy (non-hydrogen) atoms. The number of nitriles is 2. The van der Waals surface area contributed by atoms with Crippen LogP contribution in [0.4, 0.5) is 5.69 Å². The molecule has 0 saturated heterocycles. The first-order valence-electron chi connectivity index (χ1n) is 6.60. The second kappa shape index (κ2) is 6.45. The van der Waals surface area contributed by atoms with E-state index in [1.165, 1.54) is 6.42 Å². The second-order valence-corrected chi connectivity index (χ2v) is 5.34. The Hall–Kier alpha value is -1.71. The fourth-order valence-electron chi connectivity index (χ4n) is 2.54. The van der Waals surface area contributed by atoms with Crippen molar-refractivity contribution in [2.24, 2.45) is 5.92 Å². The number of halogens is 1. The average molecular weight is 274 g/mol. The molecule has 0 heterocycles. The Labute approximate surface area is 118 Å². The van der Waals surface area contributed by atoms with Crippen molar-refractivity contribution in [3.05, 3.63) is 28.8 Å². The molecule has 1 fully saturated rings. The molecular weight excluding hydrogens is 258 g/mol. The molecule has 0 aliphatic heterocycles. The highest BCUT2D eigenvalue weighted by Crippen LogP contribution is 2.29. The van der Waals surface area contributed by atoms with Crippen LogP contribution in [0.5, 0.6) is 0 Å². The van der Waals surface area contributed by atoms with Crippen LogP contribution in [0, 0.1) is 28.6 Å². The van der Waals surface area contributed by atoms with Gasteiger partial charge in [0.25, 0.3) is 0 Å². The predicted molar refractivity (Wildman–Crippen MR) is 75.8 cm³/mol. The van der Waals surface area contributed by atoms with Gasteiger partial charge in [-0.25, -0.2) is 0 Å². The summed E-state index contributed by atoms with van der Waals surface area (Å²) in [7, 11) is 0. The highest BCUT2D eigenvalue weighted by molar-refractivity contribution is 6.33. The molecule has 3 nitrogen and oxygen atoms in total. The highest BCUT2D eigenvalue weighted by Gasteiger charge is 2.23. The number of nitrogens with one attached hydrogen (secondary N) is 1. The van der Waals surface area contributed by atoms with Crippen molar-refractivity contribution in [3.8, 4) is 12.1 Å². The maximum Gasteiger partial charge on any atom is 0.0992 e. The minimum absolute atomic E-state index is 0.0179. The quantitative estimate of drug-likeness (QED) is 0.826. The SMILES string of the molecule is N#Cc1ccc(Cl)c(NC2CCCCCC2C#N)c1.